The molecule has 0 amide bonds. The van der Waals surface area contributed by atoms with E-state index in [1.54, 1.807) is 24.3 Å². The molecule has 118 valence electrons. The first-order valence-electron chi connectivity index (χ1n) is 7.21. The first kappa shape index (κ1) is 17.0. The lowest BCUT2D eigenvalue weighted by Gasteiger charge is -2.18. The Hall–Kier alpha value is -1.36. The summed E-state index contributed by atoms with van der Waals surface area (Å²) in [6.07, 6.45) is 0.685. The predicted octanol–water partition coefficient (Wildman–Crippen LogP) is 4.22. The van der Waals surface area contributed by atoms with Gasteiger partial charge in [-0.1, -0.05) is 66.6 Å². The van der Waals surface area contributed by atoms with E-state index < -0.39 is 10.0 Å². The zero-order valence-electron chi connectivity index (χ0n) is 12.7. The fourth-order valence-corrected chi connectivity index (χ4v) is 4.03. The zero-order chi connectivity index (χ0) is 16.2. The van der Waals surface area contributed by atoms with Crippen LogP contribution in [0, 0.1) is 6.92 Å². The molecule has 22 heavy (non-hydrogen) atoms. The topological polar surface area (TPSA) is 46.2 Å². The SMILES string of the molecule is CC[C@@H](NS(=O)(=O)Cc1ccccc1Cl)c1ccc(C)cc1. The highest BCUT2D eigenvalue weighted by Crippen LogP contribution is 2.21. The molecule has 0 bridgehead atoms. The minimum atomic E-state index is -3.46. The van der Waals surface area contributed by atoms with E-state index in [1.807, 2.05) is 38.1 Å². The highest BCUT2D eigenvalue weighted by Gasteiger charge is 2.19. The van der Waals surface area contributed by atoms with Crippen LogP contribution in [-0.2, 0) is 15.8 Å². The molecule has 0 saturated heterocycles. The number of hydrogen-bond acceptors (Lipinski definition) is 2. The second kappa shape index (κ2) is 7.27. The maximum absolute atomic E-state index is 12.4. The number of hydrogen-bond donors (Lipinski definition) is 1. The molecule has 0 aliphatic carbocycles. The van der Waals surface area contributed by atoms with Gasteiger partial charge in [-0.15, -0.1) is 0 Å². The summed E-state index contributed by atoms with van der Waals surface area (Å²) in [5.41, 5.74) is 2.73. The Labute approximate surface area is 137 Å². The molecule has 2 aromatic carbocycles. The molecule has 2 aromatic rings. The molecule has 5 heteroatoms. The van der Waals surface area contributed by atoms with E-state index in [4.69, 9.17) is 11.6 Å². The summed E-state index contributed by atoms with van der Waals surface area (Å²) in [4.78, 5) is 0. The third-order valence-electron chi connectivity index (χ3n) is 3.51. The van der Waals surface area contributed by atoms with Gasteiger partial charge in [-0.2, -0.15) is 0 Å². The van der Waals surface area contributed by atoms with Crippen molar-refractivity contribution in [3.8, 4) is 0 Å². The first-order valence-corrected chi connectivity index (χ1v) is 9.24. The Balaban J connectivity index is 2.16. The third-order valence-corrected chi connectivity index (χ3v) is 5.22. The number of aryl methyl sites for hydroxylation is 1. The van der Waals surface area contributed by atoms with Crippen LogP contribution < -0.4 is 4.72 Å². The van der Waals surface area contributed by atoms with Gasteiger partial charge in [-0.3, -0.25) is 0 Å². The lowest BCUT2D eigenvalue weighted by atomic mass is 10.0. The van der Waals surface area contributed by atoms with Crippen LogP contribution in [0.5, 0.6) is 0 Å². The Morgan fingerprint density at radius 3 is 2.32 bits per heavy atom. The molecule has 0 aliphatic rings. The van der Waals surface area contributed by atoms with Gasteiger partial charge in [-0.25, -0.2) is 13.1 Å². The van der Waals surface area contributed by atoms with Gasteiger partial charge in [0, 0.05) is 11.1 Å². The van der Waals surface area contributed by atoms with Crippen LogP contribution in [0.1, 0.15) is 36.1 Å². The Kier molecular flexibility index (Phi) is 5.62. The van der Waals surface area contributed by atoms with Crippen molar-refractivity contribution in [3.63, 3.8) is 0 Å². The summed E-state index contributed by atoms with van der Waals surface area (Å²) >= 11 is 6.04. The second-order valence-corrected chi connectivity index (χ2v) is 7.50. The van der Waals surface area contributed by atoms with Gasteiger partial charge < -0.3 is 0 Å². The van der Waals surface area contributed by atoms with Gasteiger partial charge >= 0.3 is 0 Å². The monoisotopic (exact) mass is 337 g/mol. The summed E-state index contributed by atoms with van der Waals surface area (Å²) in [6.45, 7) is 3.97. The Bertz CT molecular complexity index is 727. The molecule has 0 fully saturated rings. The molecule has 0 aromatic heterocycles. The smallest absolute Gasteiger partial charge is 0.212 e. The van der Waals surface area contributed by atoms with E-state index in [1.165, 1.54) is 0 Å². The maximum atomic E-state index is 12.4. The molecule has 3 nitrogen and oxygen atoms in total. The average molecular weight is 338 g/mol. The van der Waals surface area contributed by atoms with Crippen LogP contribution in [0.2, 0.25) is 5.02 Å². The summed E-state index contributed by atoms with van der Waals surface area (Å²) < 4.78 is 27.6. The summed E-state index contributed by atoms with van der Waals surface area (Å²) in [7, 11) is -3.46. The van der Waals surface area contributed by atoms with Crippen LogP contribution in [0.3, 0.4) is 0 Å². The van der Waals surface area contributed by atoms with Crippen molar-refractivity contribution >= 4 is 21.6 Å². The van der Waals surface area contributed by atoms with E-state index in [0.717, 1.165) is 11.1 Å². The number of benzene rings is 2. The van der Waals surface area contributed by atoms with Gasteiger partial charge in [0.25, 0.3) is 0 Å². The van der Waals surface area contributed by atoms with Crippen molar-refractivity contribution in [2.45, 2.75) is 32.1 Å². The third kappa shape index (κ3) is 4.57. The first-order chi connectivity index (χ1) is 10.4. The van der Waals surface area contributed by atoms with Gasteiger partial charge in [0.05, 0.1) is 5.75 Å². The minimum Gasteiger partial charge on any atom is -0.212 e. The van der Waals surface area contributed by atoms with Crippen LogP contribution in [0.25, 0.3) is 0 Å². The van der Waals surface area contributed by atoms with Gasteiger partial charge in [0.2, 0.25) is 10.0 Å². The lowest BCUT2D eigenvalue weighted by Crippen LogP contribution is -2.29. The number of nitrogens with one attached hydrogen (secondary N) is 1. The summed E-state index contributed by atoms with van der Waals surface area (Å²) in [5, 5.41) is 0.469. The van der Waals surface area contributed by atoms with Crippen molar-refractivity contribution in [2.75, 3.05) is 0 Å². The van der Waals surface area contributed by atoms with Crippen LogP contribution in [-0.4, -0.2) is 8.42 Å². The zero-order valence-corrected chi connectivity index (χ0v) is 14.3. The highest BCUT2D eigenvalue weighted by molar-refractivity contribution is 7.88. The molecule has 0 saturated carbocycles. The van der Waals surface area contributed by atoms with Crippen LogP contribution in [0.15, 0.2) is 48.5 Å². The van der Waals surface area contributed by atoms with E-state index in [-0.39, 0.29) is 11.8 Å². The molecule has 0 spiro atoms. The van der Waals surface area contributed by atoms with Gasteiger partial charge in [0.1, 0.15) is 0 Å². The van der Waals surface area contributed by atoms with E-state index in [9.17, 15) is 8.42 Å². The Morgan fingerprint density at radius 2 is 1.73 bits per heavy atom. The standard InChI is InChI=1S/C17H20ClNO2S/c1-3-17(14-10-8-13(2)9-11-14)19-22(20,21)12-15-6-4-5-7-16(15)18/h4-11,17,19H,3,12H2,1-2H3/t17-/m1/s1. The Morgan fingerprint density at radius 1 is 1.09 bits per heavy atom. The molecular weight excluding hydrogens is 318 g/mol. The molecule has 0 heterocycles. The van der Waals surface area contributed by atoms with E-state index in [2.05, 4.69) is 4.72 Å². The predicted molar refractivity (Wildman–Crippen MR) is 91.4 cm³/mol. The van der Waals surface area contributed by atoms with Crippen LogP contribution >= 0.6 is 11.6 Å². The molecule has 0 unspecified atom stereocenters. The fraction of sp³-hybridized carbons (Fsp3) is 0.294. The lowest BCUT2D eigenvalue weighted by molar-refractivity contribution is 0.549. The molecule has 0 aliphatic heterocycles. The summed E-state index contributed by atoms with van der Waals surface area (Å²) in [5.74, 6) is -0.116. The van der Waals surface area contributed by atoms with Gasteiger partial charge in [-0.05, 0) is 30.5 Å². The molecule has 0 radical (unpaired) electrons. The molecule has 1 N–H and O–H groups in total. The van der Waals surface area contributed by atoms with Crippen LogP contribution in [0.4, 0.5) is 0 Å². The fourth-order valence-electron chi connectivity index (χ4n) is 2.26. The average Bonchev–Trinajstić information content (AvgIpc) is 2.48. The van der Waals surface area contributed by atoms with Crippen molar-refractivity contribution < 1.29 is 8.42 Å². The van der Waals surface area contributed by atoms with E-state index >= 15 is 0 Å². The highest BCUT2D eigenvalue weighted by atomic mass is 35.5. The summed E-state index contributed by atoms with van der Waals surface area (Å²) in [6, 6.07) is 14.7. The number of halogens is 1. The second-order valence-electron chi connectivity index (χ2n) is 5.34. The molecule has 1 atom stereocenters. The minimum absolute atomic E-state index is 0.116. The van der Waals surface area contributed by atoms with E-state index in [0.29, 0.717) is 17.0 Å². The number of sulfonamides is 1. The van der Waals surface area contributed by atoms with Crippen molar-refractivity contribution in [3.05, 3.63) is 70.2 Å². The van der Waals surface area contributed by atoms with Gasteiger partial charge in [0.15, 0.2) is 0 Å². The quantitative estimate of drug-likeness (QED) is 0.857. The normalized spacial score (nSPS) is 13.0. The number of rotatable bonds is 6. The molecule has 2 rings (SSSR count). The van der Waals surface area contributed by atoms with Crippen molar-refractivity contribution in [1.82, 2.24) is 4.72 Å². The maximum Gasteiger partial charge on any atom is 0.216 e. The largest absolute Gasteiger partial charge is 0.216 e. The van der Waals surface area contributed by atoms with Crippen molar-refractivity contribution in [2.24, 2.45) is 0 Å². The van der Waals surface area contributed by atoms with Crippen molar-refractivity contribution in [1.29, 1.82) is 0 Å². The molecular formula is C17H20ClNO2S.